The van der Waals surface area contributed by atoms with Crippen molar-refractivity contribution in [1.82, 2.24) is 14.6 Å². The molecule has 0 saturated carbocycles. The van der Waals surface area contributed by atoms with Crippen LogP contribution in [0.25, 0.3) is 5.65 Å². The van der Waals surface area contributed by atoms with Crippen molar-refractivity contribution in [3.05, 3.63) is 88.9 Å². The molecular formula is C23H18N6O2. The highest BCUT2D eigenvalue weighted by Gasteiger charge is 2.09. The summed E-state index contributed by atoms with van der Waals surface area (Å²) in [5.74, 6) is 5.68. The molecule has 0 spiro atoms. The predicted molar refractivity (Wildman–Crippen MR) is 117 cm³/mol. The lowest BCUT2D eigenvalue weighted by Gasteiger charge is -2.07. The smallest absolute Gasteiger partial charge is 0.255 e. The number of nitrogens with one attached hydrogen (secondary N) is 1. The van der Waals surface area contributed by atoms with E-state index in [0.29, 0.717) is 39.5 Å². The average Bonchev–Trinajstić information content (AvgIpc) is 3.15. The third kappa shape index (κ3) is 4.21. The summed E-state index contributed by atoms with van der Waals surface area (Å²) < 4.78 is 1.71. The Morgan fingerprint density at radius 2 is 1.71 bits per heavy atom. The molecule has 2 amide bonds. The van der Waals surface area contributed by atoms with Gasteiger partial charge in [-0.2, -0.15) is 0 Å². The first-order valence-electron chi connectivity index (χ1n) is 9.35. The molecule has 0 unspecified atom stereocenters. The Balaban J connectivity index is 1.58. The van der Waals surface area contributed by atoms with Crippen LogP contribution in [0.5, 0.6) is 0 Å². The molecule has 0 radical (unpaired) electrons. The zero-order valence-electron chi connectivity index (χ0n) is 16.6. The molecule has 4 aromatic rings. The Labute approximate surface area is 177 Å². The Kier molecular flexibility index (Phi) is 5.08. The van der Waals surface area contributed by atoms with Crippen molar-refractivity contribution in [3.63, 3.8) is 0 Å². The molecular weight excluding hydrogens is 392 g/mol. The fraction of sp³-hybridized carbons (Fsp3) is 0.0435. The third-order valence-electron chi connectivity index (χ3n) is 4.66. The molecule has 0 aliphatic carbocycles. The second-order valence-electron chi connectivity index (χ2n) is 6.89. The highest BCUT2D eigenvalue weighted by Crippen LogP contribution is 2.15. The molecule has 0 aliphatic rings. The molecule has 4 rings (SSSR count). The number of amides is 2. The number of pyridine rings is 1. The number of anilines is 2. The minimum absolute atomic E-state index is 0.296. The number of nitrogens with two attached hydrogens (primary N) is 2. The van der Waals surface area contributed by atoms with Crippen molar-refractivity contribution < 1.29 is 9.59 Å². The number of aryl methyl sites for hydroxylation is 1. The van der Waals surface area contributed by atoms with E-state index in [-0.39, 0.29) is 5.91 Å². The Morgan fingerprint density at radius 1 is 0.968 bits per heavy atom. The van der Waals surface area contributed by atoms with E-state index in [0.717, 1.165) is 5.56 Å². The van der Waals surface area contributed by atoms with Gasteiger partial charge in [0.1, 0.15) is 0 Å². The molecule has 2 heterocycles. The third-order valence-corrected chi connectivity index (χ3v) is 4.66. The molecule has 0 aliphatic heterocycles. The molecule has 0 fully saturated rings. The lowest BCUT2D eigenvalue weighted by atomic mass is 10.0. The highest BCUT2D eigenvalue weighted by molar-refractivity contribution is 6.04. The van der Waals surface area contributed by atoms with Gasteiger partial charge >= 0.3 is 0 Å². The molecule has 152 valence electrons. The monoisotopic (exact) mass is 410 g/mol. The van der Waals surface area contributed by atoms with Crippen LogP contribution in [0.2, 0.25) is 0 Å². The van der Waals surface area contributed by atoms with E-state index in [2.05, 4.69) is 27.4 Å². The summed E-state index contributed by atoms with van der Waals surface area (Å²) in [5, 5.41) is 10.9. The summed E-state index contributed by atoms with van der Waals surface area (Å²) in [7, 11) is 0. The van der Waals surface area contributed by atoms with Gasteiger partial charge in [-0.25, -0.2) is 0 Å². The number of fused-ring (bicyclic) bond motifs is 1. The van der Waals surface area contributed by atoms with Crippen molar-refractivity contribution in [2.45, 2.75) is 6.92 Å². The van der Waals surface area contributed by atoms with Gasteiger partial charge in [0.25, 0.3) is 5.91 Å². The number of nitrogen functional groups attached to an aromatic ring is 1. The predicted octanol–water partition coefficient (Wildman–Crippen LogP) is 2.37. The van der Waals surface area contributed by atoms with Gasteiger partial charge in [-0.05, 0) is 66.9 Å². The average molecular weight is 410 g/mol. The molecule has 8 heteroatoms. The number of benzene rings is 2. The van der Waals surface area contributed by atoms with Gasteiger partial charge in [0.05, 0.1) is 0 Å². The topological polar surface area (TPSA) is 128 Å². The van der Waals surface area contributed by atoms with Gasteiger partial charge in [-0.15, -0.1) is 10.2 Å². The molecule has 5 N–H and O–H groups in total. The molecule has 8 nitrogen and oxygen atoms in total. The second-order valence-corrected chi connectivity index (χ2v) is 6.89. The number of nitrogens with zero attached hydrogens (tertiary/aromatic N) is 3. The van der Waals surface area contributed by atoms with E-state index < -0.39 is 5.91 Å². The molecule has 0 bridgehead atoms. The van der Waals surface area contributed by atoms with Gasteiger partial charge < -0.3 is 16.8 Å². The number of rotatable bonds is 3. The summed E-state index contributed by atoms with van der Waals surface area (Å²) in [5.41, 5.74) is 15.3. The Bertz CT molecular complexity index is 1380. The molecule has 2 aromatic carbocycles. The van der Waals surface area contributed by atoms with E-state index in [4.69, 9.17) is 11.5 Å². The number of hydrogen-bond donors (Lipinski definition) is 3. The van der Waals surface area contributed by atoms with Gasteiger partial charge in [0.15, 0.2) is 5.65 Å². The second kappa shape index (κ2) is 8.00. The van der Waals surface area contributed by atoms with E-state index in [9.17, 15) is 9.59 Å². The lowest BCUT2D eigenvalue weighted by molar-refractivity contribution is 0.0998. The first-order chi connectivity index (χ1) is 14.9. The zero-order chi connectivity index (χ0) is 22.0. The van der Waals surface area contributed by atoms with Crippen molar-refractivity contribution in [3.8, 4) is 11.8 Å². The molecule has 2 aromatic heterocycles. The number of carbonyl (C=O) groups is 2. The van der Waals surface area contributed by atoms with Crippen LogP contribution in [0.4, 0.5) is 11.4 Å². The van der Waals surface area contributed by atoms with Crippen LogP contribution in [0, 0.1) is 18.8 Å². The van der Waals surface area contributed by atoms with Crippen LogP contribution in [0.3, 0.4) is 0 Å². The van der Waals surface area contributed by atoms with E-state index in [1.54, 1.807) is 59.1 Å². The van der Waals surface area contributed by atoms with Crippen LogP contribution in [-0.2, 0) is 0 Å². The first kappa shape index (κ1) is 19.7. The molecule has 31 heavy (non-hydrogen) atoms. The summed E-state index contributed by atoms with van der Waals surface area (Å²) in [6, 6.07) is 15.1. The van der Waals surface area contributed by atoms with Gasteiger partial charge in [-0.3, -0.25) is 14.0 Å². The van der Waals surface area contributed by atoms with E-state index >= 15 is 0 Å². The fourth-order valence-electron chi connectivity index (χ4n) is 2.93. The highest BCUT2D eigenvalue weighted by atomic mass is 16.2. The van der Waals surface area contributed by atoms with Gasteiger partial charge in [0.2, 0.25) is 11.7 Å². The normalized spacial score (nSPS) is 10.4. The number of hydrogen-bond acceptors (Lipinski definition) is 5. The van der Waals surface area contributed by atoms with Crippen LogP contribution in [0.15, 0.2) is 60.8 Å². The molecule has 0 saturated heterocycles. The minimum Gasteiger partial charge on any atom is -0.398 e. The lowest BCUT2D eigenvalue weighted by Crippen LogP contribution is -2.13. The maximum absolute atomic E-state index is 12.7. The quantitative estimate of drug-likeness (QED) is 0.447. The first-order valence-corrected chi connectivity index (χ1v) is 9.35. The van der Waals surface area contributed by atoms with Crippen LogP contribution < -0.4 is 16.8 Å². The SMILES string of the molecule is Cc1ccc(C(=O)Nc2ccc(C(N)=O)cc2)cc1C#Cc1nnc2ccc(N)cn12. The van der Waals surface area contributed by atoms with Crippen molar-refractivity contribution in [1.29, 1.82) is 0 Å². The minimum atomic E-state index is -0.525. The number of aromatic nitrogens is 3. The van der Waals surface area contributed by atoms with Crippen LogP contribution in [-0.4, -0.2) is 26.4 Å². The van der Waals surface area contributed by atoms with E-state index in [1.807, 2.05) is 13.0 Å². The van der Waals surface area contributed by atoms with Crippen molar-refractivity contribution in [2.75, 3.05) is 11.1 Å². The van der Waals surface area contributed by atoms with Crippen LogP contribution in [0.1, 0.15) is 37.7 Å². The summed E-state index contributed by atoms with van der Waals surface area (Å²) in [6.45, 7) is 1.91. The summed E-state index contributed by atoms with van der Waals surface area (Å²) in [4.78, 5) is 23.8. The number of primary amides is 1. The van der Waals surface area contributed by atoms with Crippen molar-refractivity contribution >= 4 is 28.8 Å². The maximum Gasteiger partial charge on any atom is 0.255 e. The van der Waals surface area contributed by atoms with E-state index in [1.165, 1.54) is 0 Å². The van der Waals surface area contributed by atoms with Gasteiger partial charge in [0, 0.05) is 34.3 Å². The van der Waals surface area contributed by atoms with Crippen molar-refractivity contribution in [2.24, 2.45) is 5.73 Å². The maximum atomic E-state index is 12.7. The van der Waals surface area contributed by atoms with Gasteiger partial charge in [-0.1, -0.05) is 12.0 Å². The molecule has 0 atom stereocenters. The Morgan fingerprint density at radius 3 is 2.45 bits per heavy atom. The van der Waals surface area contributed by atoms with Crippen LogP contribution >= 0.6 is 0 Å². The standard InChI is InChI=1S/C23H18N6O2/c1-14-2-3-17(23(31)26-19-8-4-15(5-9-19)22(25)30)12-16(14)6-10-20-27-28-21-11-7-18(24)13-29(20)21/h2-5,7-9,11-13H,24H2,1H3,(H2,25,30)(H,26,31). The summed E-state index contributed by atoms with van der Waals surface area (Å²) >= 11 is 0. The summed E-state index contributed by atoms with van der Waals surface area (Å²) in [6.07, 6.45) is 1.71. The largest absolute Gasteiger partial charge is 0.398 e. The fourth-order valence-corrected chi connectivity index (χ4v) is 2.93. The zero-order valence-corrected chi connectivity index (χ0v) is 16.6. The Hall–Kier alpha value is -4.64. The number of carbonyl (C=O) groups excluding carboxylic acids is 2.